The lowest BCUT2D eigenvalue weighted by molar-refractivity contribution is 0.0938. The average Bonchev–Trinajstić information content (AvgIpc) is 2.97. The van der Waals surface area contributed by atoms with E-state index in [4.69, 9.17) is 12.3 Å². The van der Waals surface area contributed by atoms with E-state index in [1.807, 2.05) is 67.6 Å². The highest BCUT2D eigenvalue weighted by molar-refractivity contribution is 5.99. The lowest BCUT2D eigenvalue weighted by Gasteiger charge is -2.32. The minimum atomic E-state index is -0.437. The summed E-state index contributed by atoms with van der Waals surface area (Å²) in [6, 6.07) is 28.7. The largest absolute Gasteiger partial charge is 0.367 e. The first-order valence-corrected chi connectivity index (χ1v) is 13.1. The van der Waals surface area contributed by atoms with Crippen LogP contribution in [0.1, 0.15) is 56.8 Å². The van der Waals surface area contributed by atoms with Crippen LogP contribution in [0.5, 0.6) is 0 Å². The molecule has 4 aromatic carbocycles. The van der Waals surface area contributed by atoms with Crippen LogP contribution in [0.3, 0.4) is 0 Å². The summed E-state index contributed by atoms with van der Waals surface area (Å²) in [5.74, 6) is -0.550. The molecule has 0 unspecified atom stereocenters. The van der Waals surface area contributed by atoms with Crippen molar-refractivity contribution in [3.63, 3.8) is 0 Å². The van der Waals surface area contributed by atoms with Crippen LogP contribution in [-0.4, -0.2) is 18.4 Å². The zero-order valence-electron chi connectivity index (χ0n) is 21.9. The van der Waals surface area contributed by atoms with Crippen LogP contribution in [0.2, 0.25) is 0 Å². The number of carbonyl (C=O) groups excluding carboxylic acids is 2. The number of anilines is 1. The second-order valence-corrected chi connectivity index (χ2v) is 9.88. The highest BCUT2D eigenvalue weighted by Gasteiger charge is 2.20. The summed E-state index contributed by atoms with van der Waals surface area (Å²) in [6.45, 7) is 10.7. The van der Waals surface area contributed by atoms with Crippen molar-refractivity contribution in [1.29, 1.82) is 0 Å². The van der Waals surface area contributed by atoms with Gasteiger partial charge in [-0.05, 0) is 77.9 Å². The van der Waals surface area contributed by atoms with Gasteiger partial charge >= 0.3 is 0 Å². The monoisotopic (exact) mass is 514 g/mol. The van der Waals surface area contributed by atoms with Gasteiger partial charge in [0.05, 0.1) is 12.6 Å². The number of amides is 2. The van der Waals surface area contributed by atoms with Crippen molar-refractivity contribution in [1.82, 2.24) is 5.32 Å². The first-order chi connectivity index (χ1) is 18.9. The Bertz CT molecular complexity index is 1570. The second kappa shape index (κ2) is 11.2. The second-order valence-electron chi connectivity index (χ2n) is 9.88. The van der Waals surface area contributed by atoms with E-state index in [1.165, 1.54) is 0 Å². The summed E-state index contributed by atoms with van der Waals surface area (Å²) in [5.41, 5.74) is 13.5. The Labute approximate surface area is 228 Å². The SMILES string of the molecule is [C-]#[N+]c1ccc([C@H](C)NC(=O)c2ccc3c(c2)CCCN3Cc2cccc(-c3ccccc3C(N)=O)c2)cc1. The van der Waals surface area contributed by atoms with Crippen molar-refractivity contribution in [2.75, 3.05) is 11.4 Å². The molecule has 2 amide bonds. The number of nitrogens with one attached hydrogen (secondary N) is 1. The van der Waals surface area contributed by atoms with Crippen molar-refractivity contribution < 1.29 is 9.59 Å². The molecule has 0 spiro atoms. The van der Waals surface area contributed by atoms with Gasteiger partial charge in [0.15, 0.2) is 5.69 Å². The molecule has 0 radical (unpaired) electrons. The quantitative estimate of drug-likeness (QED) is 0.278. The van der Waals surface area contributed by atoms with Crippen molar-refractivity contribution in [3.8, 4) is 11.1 Å². The number of nitrogens with two attached hydrogens (primary N) is 1. The van der Waals surface area contributed by atoms with Crippen LogP contribution in [0.15, 0.2) is 91.0 Å². The fourth-order valence-corrected chi connectivity index (χ4v) is 5.19. The van der Waals surface area contributed by atoms with Gasteiger partial charge in [-0.2, -0.15) is 0 Å². The zero-order valence-corrected chi connectivity index (χ0v) is 21.9. The van der Waals surface area contributed by atoms with Crippen molar-refractivity contribution >= 4 is 23.2 Å². The number of benzene rings is 4. The smallest absolute Gasteiger partial charge is 0.251 e. The molecule has 0 fully saturated rings. The Morgan fingerprint density at radius 3 is 2.56 bits per heavy atom. The molecule has 39 heavy (non-hydrogen) atoms. The average molecular weight is 515 g/mol. The standard InChI is InChI=1S/C33H30N4O2/c1-22(24-12-15-28(35-2)16-13-24)36-33(39)27-14-17-31-26(20-27)9-6-18-37(31)21-23-7-5-8-25(19-23)29-10-3-4-11-30(29)32(34)38/h3-5,7-8,10-17,19-20,22H,6,9,18,21H2,1H3,(H2,34,38)(H,36,39)/t22-/m0/s1. The topological polar surface area (TPSA) is 79.8 Å². The Morgan fingerprint density at radius 2 is 1.79 bits per heavy atom. The molecule has 0 aliphatic carbocycles. The van der Waals surface area contributed by atoms with Gasteiger partial charge < -0.3 is 16.0 Å². The molecule has 6 heteroatoms. The summed E-state index contributed by atoms with van der Waals surface area (Å²) in [5, 5.41) is 3.08. The predicted octanol–water partition coefficient (Wildman–Crippen LogP) is 6.45. The number of primary amides is 1. The third-order valence-corrected chi connectivity index (χ3v) is 7.23. The summed E-state index contributed by atoms with van der Waals surface area (Å²) in [7, 11) is 0. The molecule has 0 aromatic heterocycles. The maximum Gasteiger partial charge on any atom is 0.251 e. The Hall–Kier alpha value is -4.89. The van der Waals surface area contributed by atoms with Gasteiger partial charge in [-0.1, -0.05) is 60.7 Å². The number of fused-ring (bicyclic) bond motifs is 1. The molecule has 0 bridgehead atoms. The third-order valence-electron chi connectivity index (χ3n) is 7.23. The molecule has 4 aromatic rings. The molecular weight excluding hydrogens is 484 g/mol. The number of aryl methyl sites for hydroxylation is 1. The fourth-order valence-electron chi connectivity index (χ4n) is 5.19. The van der Waals surface area contributed by atoms with Crippen LogP contribution in [0.25, 0.3) is 16.0 Å². The maximum absolute atomic E-state index is 13.1. The van der Waals surface area contributed by atoms with Crippen LogP contribution >= 0.6 is 0 Å². The van der Waals surface area contributed by atoms with E-state index in [9.17, 15) is 9.59 Å². The highest BCUT2D eigenvalue weighted by Crippen LogP contribution is 2.31. The van der Waals surface area contributed by atoms with Crippen LogP contribution in [-0.2, 0) is 13.0 Å². The normalized spacial score (nSPS) is 13.2. The van der Waals surface area contributed by atoms with Crippen LogP contribution in [0.4, 0.5) is 11.4 Å². The van der Waals surface area contributed by atoms with Gasteiger partial charge in [-0.25, -0.2) is 4.85 Å². The Morgan fingerprint density at radius 1 is 1.00 bits per heavy atom. The third kappa shape index (κ3) is 5.68. The Kier molecular flexibility index (Phi) is 7.42. The number of nitrogens with zero attached hydrogens (tertiary/aromatic N) is 2. The zero-order chi connectivity index (χ0) is 27.4. The maximum atomic E-state index is 13.1. The molecule has 1 aliphatic rings. The van der Waals surface area contributed by atoms with E-state index in [1.54, 1.807) is 18.2 Å². The van der Waals surface area contributed by atoms with Crippen molar-refractivity contribution in [2.24, 2.45) is 5.73 Å². The molecule has 1 atom stereocenters. The van der Waals surface area contributed by atoms with Gasteiger partial charge in [0.2, 0.25) is 5.91 Å². The van der Waals surface area contributed by atoms with Gasteiger partial charge in [0.25, 0.3) is 5.91 Å². The lowest BCUT2D eigenvalue weighted by Crippen LogP contribution is -2.30. The molecule has 194 valence electrons. The summed E-state index contributed by atoms with van der Waals surface area (Å²) in [4.78, 5) is 30.8. The highest BCUT2D eigenvalue weighted by atomic mass is 16.2. The van der Waals surface area contributed by atoms with Gasteiger partial charge in [-0.15, -0.1) is 0 Å². The Balaban J connectivity index is 1.32. The van der Waals surface area contributed by atoms with E-state index in [2.05, 4.69) is 27.2 Å². The first kappa shape index (κ1) is 25.7. The molecule has 1 aliphatic heterocycles. The van der Waals surface area contributed by atoms with Gasteiger partial charge in [0.1, 0.15) is 0 Å². The van der Waals surface area contributed by atoms with Crippen LogP contribution < -0.4 is 16.0 Å². The summed E-state index contributed by atoms with van der Waals surface area (Å²) < 4.78 is 0. The minimum absolute atomic E-state index is 0.113. The predicted molar refractivity (Wildman–Crippen MR) is 155 cm³/mol. The molecule has 6 nitrogen and oxygen atoms in total. The number of hydrogen-bond acceptors (Lipinski definition) is 3. The van der Waals surface area contributed by atoms with Crippen molar-refractivity contribution in [3.05, 3.63) is 130 Å². The molecular formula is C33H30N4O2. The molecule has 5 rings (SSSR count). The van der Waals surface area contributed by atoms with E-state index >= 15 is 0 Å². The van der Waals surface area contributed by atoms with E-state index < -0.39 is 5.91 Å². The van der Waals surface area contributed by atoms with Crippen molar-refractivity contribution in [2.45, 2.75) is 32.4 Å². The molecule has 3 N–H and O–H groups in total. The first-order valence-electron chi connectivity index (χ1n) is 13.1. The van der Waals surface area contributed by atoms with E-state index in [-0.39, 0.29) is 11.9 Å². The summed E-state index contributed by atoms with van der Waals surface area (Å²) >= 11 is 0. The van der Waals surface area contributed by atoms with Crippen LogP contribution in [0, 0.1) is 6.57 Å². The fraction of sp³-hybridized carbons (Fsp3) is 0.182. The molecule has 1 heterocycles. The van der Waals surface area contributed by atoms with Gasteiger partial charge in [-0.3, -0.25) is 9.59 Å². The number of hydrogen-bond donors (Lipinski definition) is 2. The number of carbonyl (C=O) groups is 2. The van der Waals surface area contributed by atoms with E-state index in [0.717, 1.165) is 59.4 Å². The lowest BCUT2D eigenvalue weighted by atomic mass is 9.96. The number of rotatable bonds is 7. The molecule has 0 saturated carbocycles. The minimum Gasteiger partial charge on any atom is -0.367 e. The van der Waals surface area contributed by atoms with E-state index in [0.29, 0.717) is 16.8 Å². The molecule has 0 saturated heterocycles. The summed E-state index contributed by atoms with van der Waals surface area (Å²) in [6.07, 6.45) is 1.93. The van der Waals surface area contributed by atoms with Gasteiger partial charge in [0, 0.05) is 29.9 Å².